The number of benzene rings is 2. The maximum Gasteiger partial charge on any atom is 0.413 e. The van der Waals surface area contributed by atoms with Gasteiger partial charge in [-0.15, -0.1) is 0 Å². The molecule has 0 aromatic heterocycles. The largest absolute Gasteiger partial charge is 0.497 e. The quantitative estimate of drug-likeness (QED) is 0.758. The number of rotatable bonds is 2. The Labute approximate surface area is 127 Å². The topological polar surface area (TPSA) is 9.23 Å². The van der Waals surface area contributed by atoms with Gasteiger partial charge in [-0.05, 0) is 47.2 Å². The molecule has 2 aromatic rings. The molecule has 0 N–H and O–H groups in total. The number of hydrogen-bond donors (Lipinski definition) is 0. The fraction of sp³-hybridized carbons (Fsp3) is 0.222. The number of alkyl halides is 3. The highest BCUT2D eigenvalue weighted by Crippen LogP contribution is 2.43. The van der Waals surface area contributed by atoms with Gasteiger partial charge in [-0.3, -0.25) is 0 Å². The standard InChI is InChI=1S/C18H15F3O/c1-22-14-9-6-13(7-10-14)17-15-5-3-2-4-12(15)8-11-16(17)18(19,20)21/h2-7,9-10H,8,11H2,1H3. The second-order valence-electron chi connectivity index (χ2n) is 5.24. The van der Waals surface area contributed by atoms with Crippen LogP contribution in [-0.4, -0.2) is 13.3 Å². The smallest absolute Gasteiger partial charge is 0.413 e. The summed E-state index contributed by atoms with van der Waals surface area (Å²) in [6.45, 7) is 0. The van der Waals surface area contributed by atoms with Crippen molar-refractivity contribution in [2.24, 2.45) is 0 Å². The molecule has 0 bridgehead atoms. The number of aryl methyl sites for hydroxylation is 1. The molecule has 3 rings (SSSR count). The molecule has 114 valence electrons. The zero-order valence-corrected chi connectivity index (χ0v) is 12.1. The van der Waals surface area contributed by atoms with E-state index in [0.717, 1.165) is 5.56 Å². The fourth-order valence-corrected chi connectivity index (χ4v) is 2.90. The Morgan fingerprint density at radius 3 is 2.23 bits per heavy atom. The zero-order chi connectivity index (χ0) is 15.7. The van der Waals surface area contributed by atoms with Crippen LogP contribution in [0.1, 0.15) is 23.1 Å². The van der Waals surface area contributed by atoms with Gasteiger partial charge in [0.15, 0.2) is 0 Å². The molecule has 0 saturated carbocycles. The van der Waals surface area contributed by atoms with Crippen molar-refractivity contribution in [2.45, 2.75) is 19.0 Å². The van der Waals surface area contributed by atoms with E-state index in [1.165, 1.54) is 7.11 Å². The van der Waals surface area contributed by atoms with Crippen LogP contribution in [0, 0.1) is 0 Å². The number of halogens is 3. The SMILES string of the molecule is COc1ccc(C2=C(C(F)(F)F)CCc3ccccc32)cc1. The third-order valence-corrected chi connectivity index (χ3v) is 3.95. The van der Waals surface area contributed by atoms with Gasteiger partial charge in [0.2, 0.25) is 0 Å². The van der Waals surface area contributed by atoms with E-state index < -0.39 is 11.7 Å². The second-order valence-corrected chi connectivity index (χ2v) is 5.24. The van der Waals surface area contributed by atoms with Crippen molar-refractivity contribution in [1.29, 1.82) is 0 Å². The Morgan fingerprint density at radius 1 is 0.909 bits per heavy atom. The minimum Gasteiger partial charge on any atom is -0.497 e. The third-order valence-electron chi connectivity index (χ3n) is 3.95. The lowest BCUT2D eigenvalue weighted by Gasteiger charge is -2.25. The van der Waals surface area contributed by atoms with Crippen LogP contribution < -0.4 is 4.74 Å². The molecule has 0 fully saturated rings. The molecular weight excluding hydrogens is 289 g/mol. The van der Waals surface area contributed by atoms with Crippen molar-refractivity contribution in [2.75, 3.05) is 7.11 Å². The van der Waals surface area contributed by atoms with Gasteiger partial charge >= 0.3 is 6.18 Å². The molecule has 0 atom stereocenters. The number of hydrogen-bond acceptors (Lipinski definition) is 1. The first-order chi connectivity index (χ1) is 10.5. The van der Waals surface area contributed by atoms with Crippen molar-refractivity contribution >= 4 is 5.57 Å². The summed E-state index contributed by atoms with van der Waals surface area (Å²) < 4.78 is 45.4. The Balaban J connectivity index is 2.21. The molecule has 0 aliphatic heterocycles. The summed E-state index contributed by atoms with van der Waals surface area (Å²) in [5.41, 5.74) is 2.04. The van der Waals surface area contributed by atoms with Crippen molar-refractivity contribution in [3.8, 4) is 5.75 Å². The van der Waals surface area contributed by atoms with Crippen molar-refractivity contribution in [3.05, 3.63) is 70.8 Å². The van der Waals surface area contributed by atoms with Gasteiger partial charge < -0.3 is 4.74 Å². The molecule has 0 spiro atoms. The molecule has 0 amide bonds. The number of fused-ring (bicyclic) bond motifs is 1. The zero-order valence-electron chi connectivity index (χ0n) is 12.1. The van der Waals surface area contributed by atoms with Crippen molar-refractivity contribution in [3.63, 3.8) is 0 Å². The summed E-state index contributed by atoms with van der Waals surface area (Å²) in [5, 5.41) is 0. The maximum atomic E-state index is 13.4. The first-order valence-electron chi connectivity index (χ1n) is 7.04. The number of allylic oxidation sites excluding steroid dienone is 1. The van der Waals surface area contributed by atoms with Gasteiger partial charge in [0.1, 0.15) is 5.75 Å². The first-order valence-corrected chi connectivity index (χ1v) is 7.04. The predicted molar refractivity (Wildman–Crippen MR) is 79.8 cm³/mol. The van der Waals surface area contributed by atoms with E-state index in [2.05, 4.69) is 0 Å². The van der Waals surface area contributed by atoms with E-state index in [4.69, 9.17) is 4.74 Å². The Bertz CT molecular complexity index is 712. The number of methoxy groups -OCH3 is 1. The van der Waals surface area contributed by atoms with E-state index >= 15 is 0 Å². The Kier molecular flexibility index (Phi) is 3.69. The third kappa shape index (κ3) is 2.61. The predicted octanol–water partition coefficient (Wildman–Crippen LogP) is 5.01. The summed E-state index contributed by atoms with van der Waals surface area (Å²) in [4.78, 5) is 0. The molecule has 1 aliphatic carbocycles. The molecule has 22 heavy (non-hydrogen) atoms. The van der Waals surface area contributed by atoms with E-state index in [0.29, 0.717) is 23.3 Å². The van der Waals surface area contributed by atoms with Crippen LogP contribution in [0.2, 0.25) is 0 Å². The molecule has 0 saturated heterocycles. The molecular formula is C18H15F3O. The van der Waals surface area contributed by atoms with Gasteiger partial charge in [-0.1, -0.05) is 36.4 Å². The molecule has 0 heterocycles. The van der Waals surface area contributed by atoms with Gasteiger partial charge in [-0.25, -0.2) is 0 Å². The minimum atomic E-state index is -4.32. The summed E-state index contributed by atoms with van der Waals surface area (Å²) in [7, 11) is 1.53. The van der Waals surface area contributed by atoms with Crippen LogP contribution >= 0.6 is 0 Å². The van der Waals surface area contributed by atoms with Crippen LogP contribution in [0.25, 0.3) is 5.57 Å². The maximum absolute atomic E-state index is 13.4. The molecule has 2 aromatic carbocycles. The first kappa shape index (κ1) is 14.7. The molecule has 0 radical (unpaired) electrons. The van der Waals surface area contributed by atoms with E-state index in [9.17, 15) is 13.2 Å². The Morgan fingerprint density at radius 2 is 1.59 bits per heavy atom. The summed E-state index contributed by atoms with van der Waals surface area (Å²) >= 11 is 0. The summed E-state index contributed by atoms with van der Waals surface area (Å²) in [6.07, 6.45) is -3.88. The van der Waals surface area contributed by atoms with Crippen LogP contribution in [0.5, 0.6) is 5.75 Å². The average Bonchev–Trinajstić information content (AvgIpc) is 2.53. The number of ether oxygens (including phenoxy) is 1. The minimum absolute atomic E-state index is 0.0157. The lowest BCUT2D eigenvalue weighted by Crippen LogP contribution is -2.19. The van der Waals surface area contributed by atoms with Crippen LogP contribution in [-0.2, 0) is 6.42 Å². The lowest BCUT2D eigenvalue weighted by atomic mass is 9.82. The molecule has 4 heteroatoms. The van der Waals surface area contributed by atoms with Crippen LogP contribution in [0.3, 0.4) is 0 Å². The molecule has 1 nitrogen and oxygen atoms in total. The Hall–Kier alpha value is -2.23. The van der Waals surface area contributed by atoms with Crippen LogP contribution in [0.4, 0.5) is 13.2 Å². The van der Waals surface area contributed by atoms with Crippen molar-refractivity contribution < 1.29 is 17.9 Å². The van der Waals surface area contributed by atoms with Gasteiger partial charge in [0.25, 0.3) is 0 Å². The van der Waals surface area contributed by atoms with Crippen molar-refractivity contribution in [1.82, 2.24) is 0 Å². The molecule has 0 unspecified atom stereocenters. The monoisotopic (exact) mass is 304 g/mol. The van der Waals surface area contributed by atoms with Gasteiger partial charge in [-0.2, -0.15) is 13.2 Å². The van der Waals surface area contributed by atoms with Gasteiger partial charge in [0, 0.05) is 5.57 Å². The second kappa shape index (κ2) is 5.52. The fourth-order valence-electron chi connectivity index (χ4n) is 2.90. The average molecular weight is 304 g/mol. The normalized spacial score (nSPS) is 14.7. The van der Waals surface area contributed by atoms with Crippen LogP contribution in [0.15, 0.2) is 54.1 Å². The lowest BCUT2D eigenvalue weighted by molar-refractivity contribution is -0.0934. The summed E-state index contributed by atoms with van der Waals surface area (Å²) in [6, 6.07) is 14.0. The van der Waals surface area contributed by atoms with Gasteiger partial charge in [0.05, 0.1) is 7.11 Å². The highest BCUT2D eigenvalue weighted by Gasteiger charge is 2.38. The van der Waals surface area contributed by atoms with E-state index in [-0.39, 0.29) is 12.0 Å². The van der Waals surface area contributed by atoms with E-state index in [1.807, 2.05) is 12.1 Å². The highest BCUT2D eigenvalue weighted by molar-refractivity contribution is 5.85. The highest BCUT2D eigenvalue weighted by atomic mass is 19.4. The molecule has 1 aliphatic rings. The summed E-state index contributed by atoms with van der Waals surface area (Å²) in [5.74, 6) is 0.627. The van der Waals surface area contributed by atoms with E-state index in [1.54, 1.807) is 36.4 Å².